The van der Waals surface area contributed by atoms with Gasteiger partial charge < -0.3 is 4.72 Å². The van der Waals surface area contributed by atoms with E-state index in [2.05, 4.69) is 77.3 Å². The van der Waals surface area contributed by atoms with Gasteiger partial charge in [-0.2, -0.15) is 0 Å². The van der Waals surface area contributed by atoms with Crippen molar-refractivity contribution in [1.82, 2.24) is 4.98 Å². The SMILES string of the molecule is Cc1ccc(SNc2cccc3ccc4cccnc4c23)cc1. The maximum atomic E-state index is 4.59. The first kappa shape index (κ1) is 14.1. The Morgan fingerprint density at radius 1 is 0.826 bits per heavy atom. The van der Waals surface area contributed by atoms with Crippen LogP contribution in [0.15, 0.2) is 77.8 Å². The molecule has 3 aromatic carbocycles. The minimum absolute atomic E-state index is 1.04. The molecule has 0 fully saturated rings. The highest BCUT2D eigenvalue weighted by Crippen LogP contribution is 2.32. The third kappa shape index (κ3) is 2.76. The quantitative estimate of drug-likeness (QED) is 0.381. The molecule has 4 aromatic rings. The normalized spacial score (nSPS) is 11.0. The third-order valence-electron chi connectivity index (χ3n) is 3.91. The second kappa shape index (κ2) is 5.94. The molecule has 0 aliphatic heterocycles. The van der Waals surface area contributed by atoms with E-state index >= 15 is 0 Å². The Balaban J connectivity index is 1.77. The number of hydrogen-bond acceptors (Lipinski definition) is 3. The number of pyridine rings is 1. The predicted molar refractivity (Wildman–Crippen MR) is 99.9 cm³/mol. The van der Waals surface area contributed by atoms with Gasteiger partial charge in [0.05, 0.1) is 11.2 Å². The van der Waals surface area contributed by atoms with Crippen molar-refractivity contribution in [2.45, 2.75) is 11.8 Å². The fraction of sp³-hybridized carbons (Fsp3) is 0.0500. The van der Waals surface area contributed by atoms with Crippen LogP contribution < -0.4 is 4.72 Å². The highest BCUT2D eigenvalue weighted by Gasteiger charge is 2.07. The zero-order valence-electron chi connectivity index (χ0n) is 12.8. The molecule has 0 saturated carbocycles. The number of aromatic nitrogens is 1. The van der Waals surface area contributed by atoms with Gasteiger partial charge in [-0.15, -0.1) is 0 Å². The first-order valence-electron chi connectivity index (χ1n) is 7.57. The Morgan fingerprint density at radius 2 is 1.61 bits per heavy atom. The largest absolute Gasteiger partial charge is 0.325 e. The monoisotopic (exact) mass is 316 g/mol. The lowest BCUT2D eigenvalue weighted by atomic mass is 10.0. The van der Waals surface area contributed by atoms with Crippen LogP contribution >= 0.6 is 11.9 Å². The second-order valence-electron chi connectivity index (χ2n) is 5.56. The van der Waals surface area contributed by atoms with E-state index in [-0.39, 0.29) is 0 Å². The van der Waals surface area contributed by atoms with Crippen molar-refractivity contribution in [3.8, 4) is 0 Å². The van der Waals surface area contributed by atoms with E-state index in [0.29, 0.717) is 0 Å². The van der Waals surface area contributed by atoms with Crippen molar-refractivity contribution in [3.63, 3.8) is 0 Å². The average molecular weight is 316 g/mol. The molecule has 3 heteroatoms. The number of anilines is 1. The minimum atomic E-state index is 1.04. The fourth-order valence-electron chi connectivity index (χ4n) is 2.72. The van der Waals surface area contributed by atoms with E-state index in [0.717, 1.165) is 16.6 Å². The molecular formula is C20H16N2S. The maximum Gasteiger partial charge on any atom is 0.0801 e. The van der Waals surface area contributed by atoms with E-state index in [1.54, 1.807) is 11.9 Å². The maximum absolute atomic E-state index is 4.59. The summed E-state index contributed by atoms with van der Waals surface area (Å²) in [4.78, 5) is 5.78. The summed E-state index contributed by atoms with van der Waals surface area (Å²) in [5.41, 5.74) is 3.41. The third-order valence-corrected chi connectivity index (χ3v) is 4.74. The van der Waals surface area contributed by atoms with Crippen LogP contribution in [0.25, 0.3) is 21.7 Å². The van der Waals surface area contributed by atoms with Gasteiger partial charge in [-0.05, 0) is 48.5 Å². The summed E-state index contributed by atoms with van der Waals surface area (Å²) in [5, 5.41) is 3.53. The summed E-state index contributed by atoms with van der Waals surface area (Å²) in [5.74, 6) is 0. The standard InChI is InChI=1S/C20H16N2S/c1-14-7-11-17(12-8-14)23-22-18-6-2-4-15-9-10-16-5-3-13-21-20(16)19(15)18/h2-13,22H,1H3. The number of hydrogen-bond donors (Lipinski definition) is 1. The number of nitrogens with one attached hydrogen (secondary N) is 1. The Labute approximate surface area is 139 Å². The Hall–Kier alpha value is -2.52. The molecule has 4 rings (SSSR count). The van der Waals surface area contributed by atoms with E-state index in [4.69, 9.17) is 0 Å². The highest BCUT2D eigenvalue weighted by molar-refractivity contribution is 8.00. The van der Waals surface area contributed by atoms with Crippen LogP contribution in [0, 0.1) is 6.92 Å². The van der Waals surface area contributed by atoms with Gasteiger partial charge in [0.25, 0.3) is 0 Å². The molecule has 1 N–H and O–H groups in total. The Kier molecular flexibility index (Phi) is 3.64. The smallest absolute Gasteiger partial charge is 0.0801 e. The minimum Gasteiger partial charge on any atom is -0.325 e. The van der Waals surface area contributed by atoms with Gasteiger partial charge in [0, 0.05) is 21.9 Å². The van der Waals surface area contributed by atoms with Crippen molar-refractivity contribution in [2.24, 2.45) is 0 Å². The molecule has 0 aliphatic carbocycles. The van der Waals surface area contributed by atoms with Crippen molar-refractivity contribution in [3.05, 3.63) is 78.5 Å². The van der Waals surface area contributed by atoms with E-state index < -0.39 is 0 Å². The first-order valence-corrected chi connectivity index (χ1v) is 8.39. The van der Waals surface area contributed by atoms with E-state index in [9.17, 15) is 0 Å². The average Bonchev–Trinajstić information content (AvgIpc) is 2.61. The number of nitrogens with zero attached hydrogens (tertiary/aromatic N) is 1. The van der Waals surface area contributed by atoms with Crippen molar-refractivity contribution < 1.29 is 0 Å². The molecule has 1 heterocycles. The summed E-state index contributed by atoms with van der Waals surface area (Å²) in [6.45, 7) is 2.10. The molecular weight excluding hydrogens is 300 g/mol. The lowest BCUT2D eigenvalue weighted by Crippen LogP contribution is -1.90. The molecule has 0 amide bonds. The molecule has 0 saturated heterocycles. The molecule has 1 aromatic heterocycles. The molecule has 0 aliphatic rings. The molecule has 0 bridgehead atoms. The van der Waals surface area contributed by atoms with Gasteiger partial charge >= 0.3 is 0 Å². The van der Waals surface area contributed by atoms with Crippen molar-refractivity contribution in [2.75, 3.05) is 4.72 Å². The van der Waals surface area contributed by atoms with Crippen LogP contribution in [0.3, 0.4) is 0 Å². The number of aryl methyl sites for hydroxylation is 1. The van der Waals surface area contributed by atoms with Crippen molar-refractivity contribution >= 4 is 39.3 Å². The zero-order valence-corrected chi connectivity index (χ0v) is 13.6. The van der Waals surface area contributed by atoms with Crippen LogP contribution in [0.5, 0.6) is 0 Å². The molecule has 0 spiro atoms. The van der Waals surface area contributed by atoms with Gasteiger partial charge in [0.2, 0.25) is 0 Å². The second-order valence-corrected chi connectivity index (χ2v) is 6.44. The van der Waals surface area contributed by atoms with Gasteiger partial charge in [-0.25, -0.2) is 0 Å². The highest BCUT2D eigenvalue weighted by atomic mass is 32.2. The number of rotatable bonds is 3. The lowest BCUT2D eigenvalue weighted by molar-refractivity contribution is 1.38. The van der Waals surface area contributed by atoms with Crippen LogP contribution in [0.4, 0.5) is 5.69 Å². The zero-order chi connectivity index (χ0) is 15.6. The molecule has 112 valence electrons. The molecule has 0 atom stereocenters. The summed E-state index contributed by atoms with van der Waals surface area (Å²) in [7, 11) is 0. The number of fused-ring (bicyclic) bond motifs is 3. The molecule has 2 nitrogen and oxygen atoms in total. The molecule has 0 unspecified atom stereocenters. The topological polar surface area (TPSA) is 24.9 Å². The van der Waals surface area contributed by atoms with Gasteiger partial charge in [-0.3, -0.25) is 4.98 Å². The Bertz CT molecular complexity index is 978. The summed E-state index contributed by atoms with van der Waals surface area (Å²) >= 11 is 1.63. The predicted octanol–water partition coefficient (Wildman–Crippen LogP) is 5.82. The summed E-state index contributed by atoms with van der Waals surface area (Å²) < 4.78 is 3.49. The lowest BCUT2D eigenvalue weighted by Gasteiger charge is -2.11. The van der Waals surface area contributed by atoms with Gasteiger partial charge in [0.15, 0.2) is 0 Å². The fourth-order valence-corrected chi connectivity index (χ4v) is 3.39. The first-order chi connectivity index (χ1) is 11.3. The summed E-state index contributed by atoms with van der Waals surface area (Å²) in [6.07, 6.45) is 1.85. The van der Waals surface area contributed by atoms with Crippen molar-refractivity contribution in [1.29, 1.82) is 0 Å². The van der Waals surface area contributed by atoms with E-state index in [1.165, 1.54) is 21.2 Å². The van der Waals surface area contributed by atoms with E-state index in [1.807, 2.05) is 12.3 Å². The van der Waals surface area contributed by atoms with Crippen LogP contribution in [0.1, 0.15) is 5.56 Å². The molecule has 23 heavy (non-hydrogen) atoms. The van der Waals surface area contributed by atoms with Crippen LogP contribution in [0.2, 0.25) is 0 Å². The molecule has 0 radical (unpaired) electrons. The Morgan fingerprint density at radius 3 is 2.48 bits per heavy atom. The number of benzene rings is 3. The van der Waals surface area contributed by atoms with Crippen LogP contribution in [-0.4, -0.2) is 4.98 Å². The van der Waals surface area contributed by atoms with Gasteiger partial charge in [-0.1, -0.05) is 48.0 Å². The van der Waals surface area contributed by atoms with Crippen LogP contribution in [-0.2, 0) is 0 Å². The van der Waals surface area contributed by atoms with Gasteiger partial charge in [0.1, 0.15) is 0 Å². The summed E-state index contributed by atoms with van der Waals surface area (Å²) in [6, 6.07) is 23.2.